The van der Waals surface area contributed by atoms with Crippen molar-refractivity contribution in [3.05, 3.63) is 12.2 Å². The van der Waals surface area contributed by atoms with Crippen molar-refractivity contribution in [2.24, 2.45) is 10.9 Å². The van der Waals surface area contributed by atoms with Crippen molar-refractivity contribution < 1.29 is 9.47 Å². The number of aromatic nitrogens is 3. The van der Waals surface area contributed by atoms with Gasteiger partial charge in [-0.1, -0.05) is 6.92 Å². The number of guanidine groups is 1. The molecule has 1 aromatic rings. The van der Waals surface area contributed by atoms with Crippen LogP contribution in [0.1, 0.15) is 25.6 Å². The molecule has 0 saturated carbocycles. The minimum Gasteiger partial charge on any atom is -0.381 e. The lowest BCUT2D eigenvalue weighted by atomic mass is 10.1. The Morgan fingerprint density at radius 1 is 1.17 bits per heavy atom. The Bertz CT molecular complexity index is 587. The second-order valence-electron chi connectivity index (χ2n) is 7.37. The Labute approximate surface area is 191 Å². The van der Waals surface area contributed by atoms with E-state index in [2.05, 4.69) is 37.2 Å². The monoisotopic (exact) mass is 521 g/mol. The maximum Gasteiger partial charge on any atom is 0.191 e. The van der Waals surface area contributed by atoms with Crippen molar-refractivity contribution in [2.75, 3.05) is 65.7 Å². The fourth-order valence-electron chi connectivity index (χ4n) is 3.49. The highest BCUT2D eigenvalue weighted by atomic mass is 127. The SMILES string of the molecule is CCc1nncn1CCNC(=NCC1CCOC1)NCCCN1CCOCC1.I. The number of halogens is 1. The smallest absolute Gasteiger partial charge is 0.191 e. The van der Waals surface area contributed by atoms with Crippen LogP contribution in [0.2, 0.25) is 0 Å². The van der Waals surface area contributed by atoms with Crippen molar-refractivity contribution in [2.45, 2.75) is 32.7 Å². The molecule has 1 unspecified atom stereocenters. The lowest BCUT2D eigenvalue weighted by Crippen LogP contribution is -2.42. The first-order valence-electron chi connectivity index (χ1n) is 10.6. The van der Waals surface area contributed by atoms with Crippen LogP contribution in [-0.2, 0) is 22.4 Å². The number of hydrogen-bond donors (Lipinski definition) is 2. The summed E-state index contributed by atoms with van der Waals surface area (Å²) in [6.07, 6.45) is 4.89. The van der Waals surface area contributed by atoms with E-state index in [1.807, 2.05) is 0 Å². The average Bonchev–Trinajstić information content (AvgIpc) is 3.41. The number of aliphatic imine (C=N–C) groups is 1. The third-order valence-electron chi connectivity index (χ3n) is 5.24. The molecular formula is C19H36IN7O2. The molecule has 0 aliphatic carbocycles. The Balaban J connectivity index is 0.00000300. The first-order chi connectivity index (χ1) is 13.8. The summed E-state index contributed by atoms with van der Waals surface area (Å²) < 4.78 is 13.0. The van der Waals surface area contributed by atoms with Gasteiger partial charge in [0.05, 0.1) is 19.8 Å². The first-order valence-corrected chi connectivity index (χ1v) is 10.6. The van der Waals surface area contributed by atoms with E-state index < -0.39 is 0 Å². The van der Waals surface area contributed by atoms with Gasteiger partial charge in [0.15, 0.2) is 5.96 Å². The number of hydrogen-bond acceptors (Lipinski definition) is 6. The molecule has 3 heterocycles. The van der Waals surface area contributed by atoms with Crippen LogP contribution in [0.5, 0.6) is 0 Å². The molecule has 2 fully saturated rings. The highest BCUT2D eigenvalue weighted by Crippen LogP contribution is 2.12. The third-order valence-corrected chi connectivity index (χ3v) is 5.24. The zero-order chi connectivity index (χ0) is 19.4. The highest BCUT2D eigenvalue weighted by molar-refractivity contribution is 14.0. The molecule has 0 radical (unpaired) electrons. The van der Waals surface area contributed by atoms with Crippen molar-refractivity contribution in [3.8, 4) is 0 Å². The van der Waals surface area contributed by atoms with Gasteiger partial charge in [0.25, 0.3) is 0 Å². The molecule has 9 nitrogen and oxygen atoms in total. The van der Waals surface area contributed by atoms with E-state index in [0.717, 1.165) is 103 Å². The standard InChI is InChI=1S/C19H35N7O2.HI/c1-2-18-24-23-16-26(18)8-6-21-19(22-14-17-4-11-28-15-17)20-5-3-7-25-9-12-27-13-10-25;/h16-17H,2-15H2,1H3,(H2,20,21,22);1H. The fraction of sp³-hybridized carbons (Fsp3) is 0.842. The summed E-state index contributed by atoms with van der Waals surface area (Å²) in [7, 11) is 0. The van der Waals surface area contributed by atoms with Gasteiger partial charge in [-0.05, 0) is 19.4 Å². The molecular weight excluding hydrogens is 485 g/mol. The van der Waals surface area contributed by atoms with Crippen LogP contribution in [0.3, 0.4) is 0 Å². The summed E-state index contributed by atoms with van der Waals surface area (Å²) in [4.78, 5) is 7.25. The number of ether oxygens (including phenoxy) is 2. The van der Waals surface area contributed by atoms with Crippen molar-refractivity contribution in [1.82, 2.24) is 30.3 Å². The number of nitrogens with one attached hydrogen (secondary N) is 2. The molecule has 10 heteroatoms. The summed E-state index contributed by atoms with van der Waals surface area (Å²) in [6, 6.07) is 0. The molecule has 2 N–H and O–H groups in total. The van der Waals surface area contributed by atoms with E-state index in [0.29, 0.717) is 5.92 Å². The molecule has 2 aliphatic heterocycles. The zero-order valence-corrected chi connectivity index (χ0v) is 19.8. The van der Waals surface area contributed by atoms with Crippen molar-refractivity contribution in [3.63, 3.8) is 0 Å². The number of morpholine rings is 1. The van der Waals surface area contributed by atoms with E-state index >= 15 is 0 Å². The largest absolute Gasteiger partial charge is 0.381 e. The minimum absolute atomic E-state index is 0. The number of nitrogens with zero attached hydrogens (tertiary/aromatic N) is 5. The normalized spacial score (nSPS) is 20.4. The summed E-state index contributed by atoms with van der Waals surface area (Å²) >= 11 is 0. The Morgan fingerprint density at radius 2 is 2.00 bits per heavy atom. The van der Waals surface area contributed by atoms with Crippen LogP contribution in [0, 0.1) is 5.92 Å². The van der Waals surface area contributed by atoms with E-state index in [-0.39, 0.29) is 24.0 Å². The predicted molar refractivity (Wildman–Crippen MR) is 124 cm³/mol. The maximum absolute atomic E-state index is 5.47. The minimum atomic E-state index is 0. The highest BCUT2D eigenvalue weighted by Gasteiger charge is 2.15. The zero-order valence-electron chi connectivity index (χ0n) is 17.5. The molecule has 166 valence electrons. The van der Waals surface area contributed by atoms with Gasteiger partial charge in [-0.2, -0.15) is 0 Å². The number of aryl methyl sites for hydroxylation is 1. The van der Waals surface area contributed by atoms with Gasteiger partial charge in [0.1, 0.15) is 12.2 Å². The van der Waals surface area contributed by atoms with Gasteiger partial charge in [-0.3, -0.25) is 9.89 Å². The molecule has 0 aromatic carbocycles. The fourth-order valence-corrected chi connectivity index (χ4v) is 3.49. The molecule has 29 heavy (non-hydrogen) atoms. The maximum atomic E-state index is 5.47. The molecule has 2 aliphatic rings. The molecule has 0 bridgehead atoms. The van der Waals surface area contributed by atoms with Gasteiger partial charge < -0.3 is 24.7 Å². The van der Waals surface area contributed by atoms with Crippen molar-refractivity contribution >= 4 is 29.9 Å². The first kappa shape index (κ1) is 24.3. The van der Waals surface area contributed by atoms with Gasteiger partial charge in [-0.25, -0.2) is 0 Å². The summed E-state index contributed by atoms with van der Waals surface area (Å²) in [5, 5.41) is 15.1. The predicted octanol–water partition coefficient (Wildman–Crippen LogP) is 0.753. The molecule has 0 spiro atoms. The third kappa shape index (κ3) is 8.73. The van der Waals surface area contributed by atoms with E-state index in [9.17, 15) is 0 Å². The second-order valence-corrected chi connectivity index (χ2v) is 7.37. The lowest BCUT2D eigenvalue weighted by Gasteiger charge is -2.26. The Hall–Kier alpha value is -0.980. The lowest BCUT2D eigenvalue weighted by molar-refractivity contribution is 0.0376. The van der Waals surface area contributed by atoms with Crippen LogP contribution in [-0.4, -0.2) is 91.3 Å². The van der Waals surface area contributed by atoms with Gasteiger partial charge in [0, 0.05) is 58.2 Å². The molecule has 1 aromatic heterocycles. The quantitative estimate of drug-likeness (QED) is 0.203. The van der Waals surface area contributed by atoms with Crippen LogP contribution < -0.4 is 10.6 Å². The topological polar surface area (TPSA) is 88.8 Å². The number of rotatable bonds is 10. The van der Waals surface area contributed by atoms with Gasteiger partial charge in [0.2, 0.25) is 0 Å². The van der Waals surface area contributed by atoms with Crippen LogP contribution in [0.4, 0.5) is 0 Å². The summed E-state index contributed by atoms with van der Waals surface area (Å²) in [5.74, 6) is 2.44. The van der Waals surface area contributed by atoms with Gasteiger partial charge in [-0.15, -0.1) is 34.2 Å². The Kier molecular flexibility index (Phi) is 11.8. The van der Waals surface area contributed by atoms with E-state index in [1.165, 1.54) is 0 Å². The van der Waals surface area contributed by atoms with Crippen LogP contribution >= 0.6 is 24.0 Å². The van der Waals surface area contributed by atoms with Crippen LogP contribution in [0.25, 0.3) is 0 Å². The summed E-state index contributed by atoms with van der Waals surface area (Å²) in [6.45, 7) is 12.0. The molecule has 3 rings (SSSR count). The molecule has 1 atom stereocenters. The molecule has 0 amide bonds. The summed E-state index contributed by atoms with van der Waals surface area (Å²) in [5.41, 5.74) is 0. The van der Waals surface area contributed by atoms with E-state index in [4.69, 9.17) is 14.5 Å². The Morgan fingerprint density at radius 3 is 2.76 bits per heavy atom. The van der Waals surface area contributed by atoms with Gasteiger partial charge >= 0.3 is 0 Å². The average molecular weight is 521 g/mol. The molecule has 2 saturated heterocycles. The van der Waals surface area contributed by atoms with E-state index in [1.54, 1.807) is 6.33 Å². The second kappa shape index (κ2) is 14.1. The van der Waals surface area contributed by atoms with Crippen LogP contribution in [0.15, 0.2) is 11.3 Å². The van der Waals surface area contributed by atoms with Crippen molar-refractivity contribution in [1.29, 1.82) is 0 Å².